The Morgan fingerprint density at radius 2 is 1.69 bits per heavy atom. The molecule has 0 aromatic heterocycles. The van der Waals surface area contributed by atoms with E-state index in [0.717, 1.165) is 6.42 Å². The molecule has 0 amide bonds. The highest BCUT2D eigenvalue weighted by Crippen LogP contribution is 2.11. The minimum absolute atomic E-state index is 0.176. The van der Waals surface area contributed by atoms with Crippen molar-refractivity contribution in [3.05, 3.63) is 0 Å². The van der Waals surface area contributed by atoms with Crippen molar-refractivity contribution in [1.82, 2.24) is 0 Å². The van der Waals surface area contributed by atoms with E-state index in [1.54, 1.807) is 0 Å². The van der Waals surface area contributed by atoms with Gasteiger partial charge in [-0.15, -0.1) is 0 Å². The normalized spacial score (nSPS) is 9.85. The molecule has 0 aliphatic rings. The van der Waals surface area contributed by atoms with Crippen molar-refractivity contribution >= 4 is 11.9 Å². The monoisotopic (exact) mass is 192 g/mol. The number of rotatable bonds is 5. The molecule has 2 N–H and O–H groups in total. The summed E-state index contributed by atoms with van der Waals surface area (Å²) in [7, 11) is 0. The van der Waals surface area contributed by atoms with Crippen molar-refractivity contribution in [2.45, 2.75) is 26.2 Å². The predicted octanol–water partition coefficient (Wildman–Crippen LogP) is 0.825. The summed E-state index contributed by atoms with van der Waals surface area (Å²) < 4.78 is 0. The second kappa shape index (κ2) is 6.38. The molecule has 6 heteroatoms. The molecule has 13 heavy (non-hydrogen) atoms. The molecule has 76 valence electrons. The van der Waals surface area contributed by atoms with Crippen LogP contribution in [0, 0.1) is 5.92 Å². The number of carbonyl (C=O) groups excluding carboxylic acids is 2. The van der Waals surface area contributed by atoms with Gasteiger partial charge >= 0.3 is 11.9 Å². The summed E-state index contributed by atoms with van der Waals surface area (Å²) >= 11 is 0. The molecule has 0 saturated heterocycles. The number of hydrogen-bond acceptors (Lipinski definition) is 6. The molecule has 0 unspecified atom stereocenters. The Morgan fingerprint density at radius 1 is 1.23 bits per heavy atom. The lowest BCUT2D eigenvalue weighted by molar-refractivity contribution is -0.255. The SMILES string of the molecule is CCCCC(C(=O)OO)C(=O)OO. The molecule has 0 aliphatic heterocycles. The molecular weight excluding hydrogens is 180 g/mol. The van der Waals surface area contributed by atoms with Gasteiger partial charge in [0.25, 0.3) is 0 Å². The number of unbranched alkanes of at least 4 members (excludes halogenated alkanes) is 1. The lowest BCUT2D eigenvalue weighted by Gasteiger charge is -2.07. The molecule has 0 atom stereocenters. The van der Waals surface area contributed by atoms with Crippen molar-refractivity contribution in [3.8, 4) is 0 Å². The van der Waals surface area contributed by atoms with Crippen molar-refractivity contribution in [3.63, 3.8) is 0 Å². The molecular formula is C7H12O6. The van der Waals surface area contributed by atoms with Crippen LogP contribution in [0.15, 0.2) is 0 Å². The smallest absolute Gasteiger partial charge is 0.300 e. The Labute approximate surface area is 74.9 Å². The maximum absolute atomic E-state index is 10.7. The third kappa shape index (κ3) is 3.86. The third-order valence-electron chi connectivity index (χ3n) is 1.60. The van der Waals surface area contributed by atoms with E-state index in [9.17, 15) is 9.59 Å². The van der Waals surface area contributed by atoms with Crippen LogP contribution in [-0.4, -0.2) is 22.5 Å². The average Bonchev–Trinajstić information content (AvgIpc) is 2.17. The molecule has 6 nitrogen and oxygen atoms in total. The van der Waals surface area contributed by atoms with Gasteiger partial charge in [0.1, 0.15) is 0 Å². The van der Waals surface area contributed by atoms with E-state index in [4.69, 9.17) is 10.5 Å². The van der Waals surface area contributed by atoms with Gasteiger partial charge < -0.3 is 9.78 Å². The van der Waals surface area contributed by atoms with Crippen LogP contribution in [0.4, 0.5) is 0 Å². The number of hydrogen-bond donors (Lipinski definition) is 2. The highest BCUT2D eigenvalue weighted by atomic mass is 17.1. The van der Waals surface area contributed by atoms with Crippen molar-refractivity contribution in [1.29, 1.82) is 0 Å². The minimum Gasteiger partial charge on any atom is -0.300 e. The van der Waals surface area contributed by atoms with Gasteiger partial charge in [0, 0.05) is 0 Å². The van der Waals surface area contributed by atoms with E-state index in [1.807, 2.05) is 6.92 Å². The summed E-state index contributed by atoms with van der Waals surface area (Å²) in [6, 6.07) is 0. The first-order valence-corrected chi connectivity index (χ1v) is 3.87. The van der Waals surface area contributed by atoms with Crippen molar-refractivity contribution in [2.24, 2.45) is 5.92 Å². The summed E-state index contributed by atoms with van der Waals surface area (Å²) in [5, 5.41) is 16.0. The second-order valence-corrected chi connectivity index (χ2v) is 2.52. The molecule has 0 aliphatic carbocycles. The van der Waals surface area contributed by atoms with Crippen LogP contribution >= 0.6 is 0 Å². The fraction of sp³-hybridized carbons (Fsp3) is 0.714. The Kier molecular flexibility index (Phi) is 5.82. The summed E-state index contributed by atoms with van der Waals surface area (Å²) in [6.45, 7) is 1.87. The molecule has 0 rings (SSSR count). The standard InChI is InChI=1S/C7H12O6/c1-2-3-4-5(6(8)12-10)7(9)13-11/h5,10-11H,2-4H2,1H3. The summed E-state index contributed by atoms with van der Waals surface area (Å²) in [6.07, 6.45) is 1.54. The van der Waals surface area contributed by atoms with Gasteiger partial charge in [-0.1, -0.05) is 19.8 Å². The predicted molar refractivity (Wildman–Crippen MR) is 40.5 cm³/mol. The zero-order valence-corrected chi connectivity index (χ0v) is 7.23. The Balaban J connectivity index is 4.18. The first-order valence-electron chi connectivity index (χ1n) is 3.87. The third-order valence-corrected chi connectivity index (χ3v) is 1.60. The first kappa shape index (κ1) is 11.9. The summed E-state index contributed by atoms with van der Waals surface area (Å²) in [4.78, 5) is 28.2. The van der Waals surface area contributed by atoms with Gasteiger partial charge in [0.05, 0.1) is 0 Å². The fourth-order valence-corrected chi connectivity index (χ4v) is 0.867. The van der Waals surface area contributed by atoms with Crippen LogP contribution in [0.25, 0.3) is 0 Å². The van der Waals surface area contributed by atoms with Crippen LogP contribution in [0.2, 0.25) is 0 Å². The molecule has 0 bridgehead atoms. The van der Waals surface area contributed by atoms with Gasteiger partial charge in [-0.3, -0.25) is 0 Å². The van der Waals surface area contributed by atoms with E-state index < -0.39 is 17.9 Å². The Hall–Kier alpha value is -1.14. The Bertz CT molecular complexity index is 162. The first-order chi connectivity index (χ1) is 6.17. The van der Waals surface area contributed by atoms with Crippen LogP contribution in [-0.2, 0) is 19.4 Å². The minimum atomic E-state index is -1.25. The summed E-state index contributed by atoms with van der Waals surface area (Å²) in [5.41, 5.74) is 0. The van der Waals surface area contributed by atoms with Gasteiger partial charge in [-0.05, 0) is 6.42 Å². The van der Waals surface area contributed by atoms with Crippen molar-refractivity contribution < 1.29 is 29.9 Å². The van der Waals surface area contributed by atoms with Crippen LogP contribution < -0.4 is 0 Å². The largest absolute Gasteiger partial charge is 0.356 e. The molecule has 0 saturated carbocycles. The van der Waals surface area contributed by atoms with E-state index in [0.29, 0.717) is 6.42 Å². The van der Waals surface area contributed by atoms with Gasteiger partial charge in [0.2, 0.25) is 0 Å². The highest BCUT2D eigenvalue weighted by molar-refractivity contribution is 5.94. The fourth-order valence-electron chi connectivity index (χ4n) is 0.867. The molecule has 0 heterocycles. The maximum Gasteiger partial charge on any atom is 0.356 e. The van der Waals surface area contributed by atoms with Crippen LogP contribution in [0.5, 0.6) is 0 Å². The zero-order valence-electron chi connectivity index (χ0n) is 7.23. The molecule has 0 spiro atoms. The second-order valence-electron chi connectivity index (χ2n) is 2.52. The summed E-state index contributed by atoms with van der Waals surface area (Å²) in [5.74, 6) is -3.49. The lowest BCUT2D eigenvalue weighted by atomic mass is 10.0. The van der Waals surface area contributed by atoms with E-state index in [2.05, 4.69) is 9.78 Å². The van der Waals surface area contributed by atoms with Crippen LogP contribution in [0.1, 0.15) is 26.2 Å². The van der Waals surface area contributed by atoms with E-state index in [-0.39, 0.29) is 6.42 Å². The number of carbonyl (C=O) groups is 2. The quantitative estimate of drug-likeness (QED) is 0.380. The Morgan fingerprint density at radius 3 is 2.00 bits per heavy atom. The molecule has 0 radical (unpaired) electrons. The van der Waals surface area contributed by atoms with E-state index in [1.165, 1.54) is 0 Å². The van der Waals surface area contributed by atoms with E-state index >= 15 is 0 Å². The molecule has 0 fully saturated rings. The van der Waals surface area contributed by atoms with Crippen LogP contribution in [0.3, 0.4) is 0 Å². The molecule has 0 aromatic carbocycles. The van der Waals surface area contributed by atoms with Crippen molar-refractivity contribution in [2.75, 3.05) is 0 Å². The van der Waals surface area contributed by atoms with Gasteiger partial charge in [-0.25, -0.2) is 9.59 Å². The average molecular weight is 192 g/mol. The highest BCUT2D eigenvalue weighted by Gasteiger charge is 2.29. The molecule has 0 aromatic rings. The topological polar surface area (TPSA) is 93.1 Å². The zero-order chi connectivity index (χ0) is 10.3. The van der Waals surface area contributed by atoms with Gasteiger partial charge in [0.15, 0.2) is 5.92 Å². The maximum atomic E-state index is 10.7. The lowest BCUT2D eigenvalue weighted by Crippen LogP contribution is -2.26. The van der Waals surface area contributed by atoms with Gasteiger partial charge in [-0.2, -0.15) is 10.5 Å².